The maximum atomic E-state index is 12.6. The largest absolute Gasteiger partial charge is 0.481 e. The molecule has 1 aliphatic rings. The Hall–Kier alpha value is -1.87. The van der Waals surface area contributed by atoms with E-state index in [1.54, 1.807) is 0 Å². The molecule has 1 aromatic rings. The molecule has 1 aromatic heterocycles. The van der Waals surface area contributed by atoms with E-state index in [1.165, 1.54) is 32.0 Å². The van der Waals surface area contributed by atoms with Gasteiger partial charge in [-0.1, -0.05) is 0 Å². The van der Waals surface area contributed by atoms with Gasteiger partial charge in [0.1, 0.15) is 5.76 Å². The van der Waals surface area contributed by atoms with Gasteiger partial charge in [0.25, 0.3) is 15.9 Å². The summed E-state index contributed by atoms with van der Waals surface area (Å²) in [4.78, 5) is 25.1. The smallest absolute Gasteiger partial charge is 0.308 e. The third-order valence-electron chi connectivity index (χ3n) is 3.92. The van der Waals surface area contributed by atoms with Gasteiger partial charge in [-0.25, -0.2) is 12.7 Å². The first-order valence-corrected chi connectivity index (χ1v) is 8.63. The number of likely N-dealkylation sites (tertiary alicyclic amines) is 1. The summed E-state index contributed by atoms with van der Waals surface area (Å²) in [6.07, 6.45) is 1.13. The van der Waals surface area contributed by atoms with E-state index in [-0.39, 0.29) is 23.0 Å². The summed E-state index contributed by atoms with van der Waals surface area (Å²) in [5.41, 5.74) is 0.150. The van der Waals surface area contributed by atoms with Gasteiger partial charge in [-0.2, -0.15) is 0 Å². The lowest BCUT2D eigenvalue weighted by molar-refractivity contribution is -0.143. The minimum absolute atomic E-state index is 0.120. The number of nitrogens with zero attached hydrogens (tertiary/aromatic N) is 2. The number of carboxylic acids is 1. The highest BCUT2D eigenvalue weighted by Crippen LogP contribution is 2.25. The zero-order valence-electron chi connectivity index (χ0n) is 13.3. The van der Waals surface area contributed by atoms with Crippen LogP contribution in [0, 0.1) is 12.8 Å². The molecule has 8 nitrogen and oxygen atoms in total. The number of piperidine rings is 1. The molecule has 23 heavy (non-hydrogen) atoms. The molecular formula is C14H20N2O6S. The minimum Gasteiger partial charge on any atom is -0.481 e. The Bertz CT molecular complexity index is 722. The van der Waals surface area contributed by atoms with Gasteiger partial charge in [0.15, 0.2) is 0 Å². The Morgan fingerprint density at radius 3 is 2.61 bits per heavy atom. The minimum atomic E-state index is -3.77. The van der Waals surface area contributed by atoms with Gasteiger partial charge in [-0.15, -0.1) is 0 Å². The molecule has 1 N–H and O–H groups in total. The van der Waals surface area contributed by atoms with Crippen LogP contribution in [0.25, 0.3) is 0 Å². The number of carbonyl (C=O) groups is 2. The van der Waals surface area contributed by atoms with E-state index in [0.29, 0.717) is 19.4 Å². The summed E-state index contributed by atoms with van der Waals surface area (Å²) in [5, 5.41) is 8.80. The molecule has 0 bridgehead atoms. The molecular weight excluding hydrogens is 324 g/mol. The van der Waals surface area contributed by atoms with Crippen LogP contribution >= 0.6 is 0 Å². The summed E-state index contributed by atoms with van der Waals surface area (Å²) in [5.74, 6) is -1.72. The van der Waals surface area contributed by atoms with Gasteiger partial charge >= 0.3 is 5.97 Å². The molecule has 1 fully saturated rings. The molecule has 1 atom stereocenters. The number of aliphatic carboxylic acids is 1. The van der Waals surface area contributed by atoms with E-state index in [4.69, 9.17) is 9.52 Å². The number of hydrogen-bond donors (Lipinski definition) is 1. The molecule has 9 heteroatoms. The standard InChI is InChI=1S/C14H20N2O6S/c1-9-11(7-12(22-9)23(20,21)15(2)3)13(17)16-6-4-5-10(8-16)14(18)19/h7,10H,4-6,8H2,1-3H3,(H,18,19)/t10-/m0/s1. The number of carbonyl (C=O) groups excluding carboxylic acids is 1. The lowest BCUT2D eigenvalue weighted by atomic mass is 9.98. The lowest BCUT2D eigenvalue weighted by Gasteiger charge is -2.30. The number of furan rings is 1. The predicted molar refractivity (Wildman–Crippen MR) is 80.6 cm³/mol. The highest BCUT2D eigenvalue weighted by Gasteiger charge is 2.32. The molecule has 2 heterocycles. The van der Waals surface area contributed by atoms with E-state index in [1.807, 2.05) is 0 Å². The fourth-order valence-electron chi connectivity index (χ4n) is 2.51. The molecule has 0 unspecified atom stereocenters. The van der Waals surface area contributed by atoms with Gasteiger partial charge in [0, 0.05) is 33.3 Å². The molecule has 0 aromatic carbocycles. The van der Waals surface area contributed by atoms with Crippen molar-refractivity contribution in [3.8, 4) is 0 Å². The number of hydrogen-bond acceptors (Lipinski definition) is 5. The topological polar surface area (TPSA) is 108 Å². The summed E-state index contributed by atoms with van der Waals surface area (Å²) < 4.78 is 30.4. The van der Waals surface area contributed by atoms with Crippen LogP contribution in [0.3, 0.4) is 0 Å². The van der Waals surface area contributed by atoms with Crippen LogP contribution < -0.4 is 0 Å². The second-order valence-corrected chi connectivity index (χ2v) is 7.83. The third-order valence-corrected chi connectivity index (χ3v) is 5.59. The number of amides is 1. The molecule has 2 rings (SSSR count). The van der Waals surface area contributed by atoms with Gasteiger partial charge < -0.3 is 14.4 Å². The lowest BCUT2D eigenvalue weighted by Crippen LogP contribution is -2.42. The van der Waals surface area contributed by atoms with E-state index in [2.05, 4.69) is 0 Å². The van der Waals surface area contributed by atoms with Crippen LogP contribution in [-0.4, -0.2) is 61.8 Å². The number of carboxylic acid groups (broad SMARTS) is 1. The van der Waals surface area contributed by atoms with E-state index in [9.17, 15) is 18.0 Å². The fourth-order valence-corrected chi connectivity index (χ4v) is 3.36. The molecule has 1 saturated heterocycles. The van der Waals surface area contributed by atoms with Crippen molar-refractivity contribution in [1.29, 1.82) is 0 Å². The molecule has 0 spiro atoms. The van der Waals surface area contributed by atoms with Crippen LogP contribution in [0.1, 0.15) is 29.0 Å². The molecule has 0 saturated carbocycles. The highest BCUT2D eigenvalue weighted by atomic mass is 32.2. The van der Waals surface area contributed by atoms with Crippen LogP contribution in [-0.2, 0) is 14.8 Å². The number of sulfonamides is 1. The number of aryl methyl sites for hydroxylation is 1. The molecule has 128 valence electrons. The fraction of sp³-hybridized carbons (Fsp3) is 0.571. The van der Waals surface area contributed by atoms with E-state index in [0.717, 1.165) is 4.31 Å². The molecule has 1 aliphatic heterocycles. The molecule has 0 aliphatic carbocycles. The van der Waals surface area contributed by atoms with Crippen LogP contribution in [0.2, 0.25) is 0 Å². The second-order valence-electron chi connectivity index (χ2n) is 5.75. The van der Waals surface area contributed by atoms with E-state index < -0.39 is 27.8 Å². The van der Waals surface area contributed by atoms with Crippen LogP contribution in [0.15, 0.2) is 15.6 Å². The maximum absolute atomic E-state index is 12.6. The Balaban J connectivity index is 2.27. The Morgan fingerprint density at radius 2 is 2.04 bits per heavy atom. The van der Waals surface area contributed by atoms with Crippen LogP contribution in [0.5, 0.6) is 0 Å². The molecule has 0 radical (unpaired) electrons. The van der Waals surface area contributed by atoms with Gasteiger partial charge in [0.05, 0.1) is 11.5 Å². The van der Waals surface area contributed by atoms with Crippen molar-refractivity contribution in [2.75, 3.05) is 27.2 Å². The van der Waals surface area contributed by atoms with Crippen molar-refractivity contribution in [3.63, 3.8) is 0 Å². The zero-order valence-corrected chi connectivity index (χ0v) is 14.1. The zero-order chi connectivity index (χ0) is 17.4. The quantitative estimate of drug-likeness (QED) is 0.864. The summed E-state index contributed by atoms with van der Waals surface area (Å²) in [6.45, 7) is 2.08. The first-order valence-electron chi connectivity index (χ1n) is 7.19. The van der Waals surface area contributed by atoms with Crippen molar-refractivity contribution in [2.45, 2.75) is 24.9 Å². The Morgan fingerprint density at radius 1 is 1.39 bits per heavy atom. The van der Waals surface area contributed by atoms with Crippen molar-refractivity contribution >= 4 is 21.9 Å². The normalized spacial score (nSPS) is 19.1. The Labute approximate surface area is 134 Å². The predicted octanol–water partition coefficient (Wildman–Crippen LogP) is 0.775. The second kappa shape index (κ2) is 6.32. The molecule has 1 amide bonds. The summed E-state index contributed by atoms with van der Waals surface area (Å²) >= 11 is 0. The monoisotopic (exact) mass is 344 g/mol. The summed E-state index contributed by atoms with van der Waals surface area (Å²) in [7, 11) is -1.02. The summed E-state index contributed by atoms with van der Waals surface area (Å²) in [6, 6.07) is 1.21. The third kappa shape index (κ3) is 3.40. The van der Waals surface area contributed by atoms with Crippen molar-refractivity contribution in [1.82, 2.24) is 9.21 Å². The van der Waals surface area contributed by atoms with Gasteiger partial charge in [-0.3, -0.25) is 9.59 Å². The van der Waals surface area contributed by atoms with Crippen LogP contribution in [0.4, 0.5) is 0 Å². The highest BCUT2D eigenvalue weighted by molar-refractivity contribution is 7.88. The first-order chi connectivity index (χ1) is 10.6. The van der Waals surface area contributed by atoms with Crippen molar-refractivity contribution in [2.24, 2.45) is 5.92 Å². The van der Waals surface area contributed by atoms with E-state index >= 15 is 0 Å². The Kier molecular flexibility index (Phi) is 4.81. The van der Waals surface area contributed by atoms with Crippen molar-refractivity contribution < 1.29 is 27.5 Å². The maximum Gasteiger partial charge on any atom is 0.308 e. The van der Waals surface area contributed by atoms with Crippen molar-refractivity contribution in [3.05, 3.63) is 17.4 Å². The SMILES string of the molecule is Cc1oc(S(=O)(=O)N(C)C)cc1C(=O)N1CCC[C@H](C(=O)O)C1. The van der Waals surface area contributed by atoms with Gasteiger partial charge in [0.2, 0.25) is 5.09 Å². The number of rotatable bonds is 4. The van der Waals surface area contributed by atoms with Gasteiger partial charge in [-0.05, 0) is 19.8 Å². The average molecular weight is 344 g/mol. The first kappa shape index (κ1) is 17.5. The average Bonchev–Trinajstić information content (AvgIpc) is 2.89.